The highest BCUT2D eigenvalue weighted by molar-refractivity contribution is 7.91. The zero-order chi connectivity index (χ0) is 17.2. The molecule has 2 amide bonds. The van der Waals surface area contributed by atoms with Gasteiger partial charge in [-0.15, -0.1) is 0 Å². The van der Waals surface area contributed by atoms with Crippen molar-refractivity contribution < 1.29 is 23.1 Å². The Morgan fingerprint density at radius 1 is 1.22 bits per heavy atom. The molecule has 2 rings (SSSR count). The van der Waals surface area contributed by atoms with E-state index in [2.05, 4.69) is 10.6 Å². The van der Waals surface area contributed by atoms with E-state index in [-0.39, 0.29) is 23.6 Å². The summed E-state index contributed by atoms with van der Waals surface area (Å²) in [4.78, 5) is 31.7. The smallest absolute Gasteiger partial charge is 0.319 e. The third-order valence-corrected chi connectivity index (χ3v) is 4.97. The SMILES string of the molecule is O=C(Nc1ccc([N+](=O)[O-])cc1[N+](=O)[O-])NC1CCS(=O)(=O)C1. The highest BCUT2D eigenvalue weighted by Gasteiger charge is 2.29. The molecular formula is C11H12N4O7S. The number of urea groups is 1. The van der Waals surface area contributed by atoms with Gasteiger partial charge in [0.25, 0.3) is 11.4 Å². The van der Waals surface area contributed by atoms with Gasteiger partial charge in [-0.05, 0) is 12.5 Å². The van der Waals surface area contributed by atoms with E-state index in [0.717, 1.165) is 18.2 Å². The standard InChI is InChI=1S/C11H12N4O7S/c16-11(12-7-3-4-23(21,22)6-7)13-9-2-1-8(14(17)18)5-10(9)15(19)20/h1-2,5,7H,3-4,6H2,(H2,12,13,16). The number of benzene rings is 1. The number of nitro benzene ring substituents is 2. The molecule has 0 aromatic heterocycles. The average Bonchev–Trinajstić information content (AvgIpc) is 2.77. The van der Waals surface area contributed by atoms with Crippen LogP contribution in [0.2, 0.25) is 0 Å². The molecular weight excluding hydrogens is 332 g/mol. The van der Waals surface area contributed by atoms with E-state index in [1.807, 2.05) is 0 Å². The first-order valence-electron chi connectivity index (χ1n) is 6.39. The lowest BCUT2D eigenvalue weighted by molar-refractivity contribution is -0.393. The van der Waals surface area contributed by atoms with Gasteiger partial charge in [-0.25, -0.2) is 13.2 Å². The van der Waals surface area contributed by atoms with Crippen LogP contribution in [0, 0.1) is 20.2 Å². The molecule has 1 aliphatic heterocycles. The molecule has 1 aromatic carbocycles. The molecule has 1 fully saturated rings. The van der Waals surface area contributed by atoms with Gasteiger partial charge >= 0.3 is 6.03 Å². The van der Waals surface area contributed by atoms with Crippen molar-refractivity contribution >= 4 is 32.9 Å². The van der Waals surface area contributed by atoms with Crippen molar-refractivity contribution in [1.29, 1.82) is 0 Å². The Morgan fingerprint density at radius 2 is 1.91 bits per heavy atom. The summed E-state index contributed by atoms with van der Waals surface area (Å²) in [6.45, 7) is 0. The van der Waals surface area contributed by atoms with E-state index in [4.69, 9.17) is 0 Å². The fourth-order valence-corrected chi connectivity index (χ4v) is 3.82. The van der Waals surface area contributed by atoms with Crippen LogP contribution < -0.4 is 10.6 Å². The normalized spacial score (nSPS) is 19.0. The summed E-state index contributed by atoms with van der Waals surface area (Å²) in [6, 6.07) is 1.40. The number of non-ortho nitro benzene ring substituents is 1. The van der Waals surface area contributed by atoms with Crippen LogP contribution in [0.25, 0.3) is 0 Å². The van der Waals surface area contributed by atoms with Gasteiger partial charge in [0, 0.05) is 12.1 Å². The highest BCUT2D eigenvalue weighted by Crippen LogP contribution is 2.28. The fourth-order valence-electron chi connectivity index (χ4n) is 2.14. The van der Waals surface area contributed by atoms with Crippen LogP contribution in [-0.2, 0) is 9.84 Å². The molecule has 124 valence electrons. The molecule has 1 aliphatic rings. The summed E-state index contributed by atoms with van der Waals surface area (Å²) < 4.78 is 22.6. The van der Waals surface area contributed by atoms with Gasteiger partial charge in [-0.2, -0.15) is 0 Å². The fraction of sp³-hybridized carbons (Fsp3) is 0.364. The highest BCUT2D eigenvalue weighted by atomic mass is 32.2. The van der Waals surface area contributed by atoms with E-state index < -0.39 is 43.1 Å². The van der Waals surface area contributed by atoms with Gasteiger partial charge in [-0.3, -0.25) is 20.2 Å². The molecule has 1 atom stereocenters. The lowest BCUT2D eigenvalue weighted by Gasteiger charge is -2.12. The molecule has 1 saturated heterocycles. The molecule has 1 aromatic rings. The minimum Gasteiger partial charge on any atom is -0.334 e. The third kappa shape index (κ3) is 4.12. The molecule has 0 radical (unpaired) electrons. The molecule has 0 aliphatic carbocycles. The lowest BCUT2D eigenvalue weighted by atomic mass is 10.2. The van der Waals surface area contributed by atoms with Crippen molar-refractivity contribution in [3.63, 3.8) is 0 Å². The maximum Gasteiger partial charge on any atom is 0.319 e. The number of nitrogens with one attached hydrogen (secondary N) is 2. The topological polar surface area (TPSA) is 162 Å². The van der Waals surface area contributed by atoms with Gasteiger partial charge < -0.3 is 10.6 Å². The summed E-state index contributed by atoms with van der Waals surface area (Å²) in [5, 5.41) is 26.2. The first kappa shape index (κ1) is 16.6. The molecule has 1 unspecified atom stereocenters. The Labute approximate surface area is 129 Å². The summed E-state index contributed by atoms with van der Waals surface area (Å²) in [5.41, 5.74) is -1.34. The number of nitrogens with zero attached hydrogens (tertiary/aromatic N) is 2. The molecule has 23 heavy (non-hydrogen) atoms. The Morgan fingerprint density at radius 3 is 2.43 bits per heavy atom. The van der Waals surface area contributed by atoms with Gasteiger partial charge in [0.1, 0.15) is 5.69 Å². The third-order valence-electron chi connectivity index (χ3n) is 3.20. The maximum atomic E-state index is 11.8. The zero-order valence-electron chi connectivity index (χ0n) is 11.6. The average molecular weight is 344 g/mol. The van der Waals surface area contributed by atoms with Gasteiger partial charge in [0.05, 0.1) is 27.4 Å². The molecule has 2 N–H and O–H groups in total. The van der Waals surface area contributed by atoms with Crippen molar-refractivity contribution in [2.45, 2.75) is 12.5 Å². The van der Waals surface area contributed by atoms with Gasteiger partial charge in [-0.1, -0.05) is 0 Å². The Hall–Kier alpha value is -2.76. The van der Waals surface area contributed by atoms with E-state index >= 15 is 0 Å². The van der Waals surface area contributed by atoms with Crippen LogP contribution in [0.4, 0.5) is 21.9 Å². The number of amides is 2. The van der Waals surface area contributed by atoms with E-state index in [1.54, 1.807) is 0 Å². The second kappa shape index (κ2) is 6.16. The van der Waals surface area contributed by atoms with Crippen LogP contribution in [0.3, 0.4) is 0 Å². The van der Waals surface area contributed by atoms with Crippen LogP contribution in [0.1, 0.15) is 6.42 Å². The molecule has 0 spiro atoms. The molecule has 0 bridgehead atoms. The molecule has 11 nitrogen and oxygen atoms in total. The van der Waals surface area contributed by atoms with Crippen LogP contribution in [-0.4, -0.2) is 41.8 Å². The van der Waals surface area contributed by atoms with E-state index in [9.17, 15) is 33.4 Å². The zero-order valence-corrected chi connectivity index (χ0v) is 12.4. The summed E-state index contributed by atoms with van der Waals surface area (Å²) in [5.74, 6) is -0.224. The van der Waals surface area contributed by atoms with Gasteiger partial charge in [0.15, 0.2) is 9.84 Å². The van der Waals surface area contributed by atoms with Crippen molar-refractivity contribution in [2.24, 2.45) is 0 Å². The largest absolute Gasteiger partial charge is 0.334 e. The van der Waals surface area contributed by atoms with Crippen molar-refractivity contribution in [2.75, 3.05) is 16.8 Å². The number of anilines is 1. The van der Waals surface area contributed by atoms with E-state index in [1.165, 1.54) is 0 Å². The van der Waals surface area contributed by atoms with Crippen LogP contribution in [0.5, 0.6) is 0 Å². The number of hydrogen-bond donors (Lipinski definition) is 2. The first-order valence-corrected chi connectivity index (χ1v) is 8.21. The van der Waals surface area contributed by atoms with Gasteiger partial charge in [0.2, 0.25) is 0 Å². The molecule has 12 heteroatoms. The quantitative estimate of drug-likeness (QED) is 0.603. The number of carbonyl (C=O) groups is 1. The van der Waals surface area contributed by atoms with Crippen molar-refractivity contribution in [3.8, 4) is 0 Å². The monoisotopic (exact) mass is 344 g/mol. The summed E-state index contributed by atoms with van der Waals surface area (Å²) in [6.07, 6.45) is 0.262. The van der Waals surface area contributed by atoms with Crippen molar-refractivity contribution in [1.82, 2.24) is 5.32 Å². The second-order valence-corrected chi connectivity index (χ2v) is 7.14. The summed E-state index contributed by atoms with van der Waals surface area (Å²) in [7, 11) is -3.18. The number of rotatable bonds is 4. The first-order chi connectivity index (χ1) is 10.7. The minimum absolute atomic E-state index is 0.0321. The Kier molecular flexibility index (Phi) is 4.45. The maximum absolute atomic E-state index is 11.8. The Balaban J connectivity index is 2.11. The predicted molar refractivity (Wildman–Crippen MR) is 79.0 cm³/mol. The summed E-state index contributed by atoms with van der Waals surface area (Å²) >= 11 is 0. The Bertz CT molecular complexity index is 777. The van der Waals surface area contributed by atoms with E-state index in [0.29, 0.717) is 0 Å². The predicted octanol–water partition coefficient (Wildman–Crippen LogP) is 0.812. The number of carbonyl (C=O) groups excluding carboxylic acids is 1. The number of sulfone groups is 1. The van der Waals surface area contributed by atoms with Crippen LogP contribution >= 0.6 is 0 Å². The lowest BCUT2D eigenvalue weighted by Crippen LogP contribution is -2.38. The molecule has 0 saturated carbocycles. The van der Waals surface area contributed by atoms with Crippen molar-refractivity contribution in [3.05, 3.63) is 38.4 Å². The number of nitro groups is 2. The second-order valence-electron chi connectivity index (χ2n) is 4.91. The minimum atomic E-state index is -3.18. The molecule has 1 heterocycles. The number of hydrogen-bond acceptors (Lipinski definition) is 7. The van der Waals surface area contributed by atoms with Crippen LogP contribution in [0.15, 0.2) is 18.2 Å².